The van der Waals surface area contributed by atoms with Crippen LogP contribution >= 0.6 is 11.8 Å². The van der Waals surface area contributed by atoms with E-state index in [1.807, 2.05) is 74.5 Å². The Morgan fingerprint density at radius 3 is 2.61 bits per heavy atom. The second-order valence-electron chi connectivity index (χ2n) is 7.11. The summed E-state index contributed by atoms with van der Waals surface area (Å²) in [4.78, 5) is 27.8. The molecule has 0 bridgehead atoms. The SMILES string of the molecule is Cc1ccc(NC(=O)C2CSCN2C(=O)c2cccc3ccccc23)cc1C. The molecule has 0 saturated carbocycles. The molecule has 1 aliphatic rings. The molecule has 5 heteroatoms. The fraction of sp³-hybridized carbons (Fsp3) is 0.217. The number of amides is 2. The number of benzene rings is 3. The van der Waals surface area contributed by atoms with E-state index in [9.17, 15) is 9.59 Å². The molecule has 1 N–H and O–H groups in total. The zero-order chi connectivity index (χ0) is 19.7. The maximum absolute atomic E-state index is 13.3. The fourth-order valence-electron chi connectivity index (χ4n) is 3.47. The van der Waals surface area contributed by atoms with Crippen LogP contribution in [-0.2, 0) is 4.79 Å². The number of fused-ring (bicyclic) bond motifs is 1. The summed E-state index contributed by atoms with van der Waals surface area (Å²) in [5.74, 6) is 0.893. The molecule has 1 saturated heterocycles. The van der Waals surface area contributed by atoms with E-state index in [4.69, 9.17) is 0 Å². The fourth-order valence-corrected chi connectivity index (χ4v) is 4.63. The van der Waals surface area contributed by atoms with Gasteiger partial charge in [0.15, 0.2) is 0 Å². The molecule has 1 aliphatic heterocycles. The Morgan fingerprint density at radius 2 is 1.79 bits per heavy atom. The van der Waals surface area contributed by atoms with Gasteiger partial charge < -0.3 is 10.2 Å². The number of nitrogens with zero attached hydrogens (tertiary/aromatic N) is 1. The predicted molar refractivity (Wildman–Crippen MR) is 116 cm³/mol. The minimum atomic E-state index is -0.474. The summed E-state index contributed by atoms with van der Waals surface area (Å²) in [6, 6.07) is 19.0. The van der Waals surface area contributed by atoms with Crippen molar-refractivity contribution in [2.24, 2.45) is 0 Å². The van der Waals surface area contributed by atoms with Crippen molar-refractivity contribution in [1.29, 1.82) is 0 Å². The van der Waals surface area contributed by atoms with Crippen LogP contribution in [0.5, 0.6) is 0 Å². The average Bonchev–Trinajstić information content (AvgIpc) is 3.20. The number of thioether (sulfide) groups is 1. The molecule has 142 valence electrons. The number of nitrogens with one attached hydrogen (secondary N) is 1. The molecule has 4 nitrogen and oxygen atoms in total. The molecule has 3 aromatic carbocycles. The van der Waals surface area contributed by atoms with Gasteiger partial charge in [-0.05, 0) is 53.9 Å². The molecule has 3 aromatic rings. The first-order valence-electron chi connectivity index (χ1n) is 9.29. The van der Waals surface area contributed by atoms with Crippen molar-refractivity contribution >= 4 is 40.0 Å². The lowest BCUT2D eigenvalue weighted by molar-refractivity contribution is -0.119. The molecule has 0 aliphatic carbocycles. The predicted octanol–water partition coefficient (Wildman–Crippen LogP) is 4.61. The molecule has 0 radical (unpaired) electrons. The molecule has 1 unspecified atom stereocenters. The van der Waals surface area contributed by atoms with Crippen LogP contribution in [0.4, 0.5) is 5.69 Å². The van der Waals surface area contributed by atoms with Crippen molar-refractivity contribution in [3.63, 3.8) is 0 Å². The lowest BCUT2D eigenvalue weighted by Gasteiger charge is -2.24. The van der Waals surface area contributed by atoms with Crippen LogP contribution in [-0.4, -0.2) is 34.4 Å². The molecular formula is C23H22N2O2S. The van der Waals surface area contributed by atoms with Gasteiger partial charge >= 0.3 is 0 Å². The number of rotatable bonds is 3. The zero-order valence-corrected chi connectivity index (χ0v) is 16.8. The first-order chi connectivity index (χ1) is 13.5. The molecule has 0 spiro atoms. The molecule has 1 fully saturated rings. The zero-order valence-electron chi connectivity index (χ0n) is 15.9. The van der Waals surface area contributed by atoms with Gasteiger partial charge in [0.25, 0.3) is 5.91 Å². The Bertz CT molecular complexity index is 1060. The van der Waals surface area contributed by atoms with Crippen LogP contribution in [0.15, 0.2) is 60.7 Å². The quantitative estimate of drug-likeness (QED) is 0.710. The van der Waals surface area contributed by atoms with E-state index in [0.29, 0.717) is 17.2 Å². The van der Waals surface area contributed by atoms with Gasteiger partial charge in [-0.2, -0.15) is 0 Å². The second-order valence-corrected chi connectivity index (χ2v) is 8.11. The van der Waals surface area contributed by atoms with Gasteiger partial charge in [0.2, 0.25) is 5.91 Å². The molecule has 4 rings (SSSR count). The van der Waals surface area contributed by atoms with Gasteiger partial charge in [0.05, 0.1) is 5.88 Å². The van der Waals surface area contributed by atoms with E-state index in [1.54, 1.807) is 16.7 Å². The normalized spacial score (nSPS) is 16.4. The summed E-state index contributed by atoms with van der Waals surface area (Å²) in [6.45, 7) is 4.06. The van der Waals surface area contributed by atoms with Gasteiger partial charge in [0, 0.05) is 17.0 Å². The maximum Gasteiger partial charge on any atom is 0.255 e. The maximum atomic E-state index is 13.3. The highest BCUT2D eigenvalue weighted by Gasteiger charge is 2.35. The van der Waals surface area contributed by atoms with E-state index in [-0.39, 0.29) is 11.8 Å². The van der Waals surface area contributed by atoms with Gasteiger partial charge in [-0.25, -0.2) is 0 Å². The Hall–Kier alpha value is -2.79. The summed E-state index contributed by atoms with van der Waals surface area (Å²) in [7, 11) is 0. The van der Waals surface area contributed by atoms with Crippen LogP contribution in [0.2, 0.25) is 0 Å². The van der Waals surface area contributed by atoms with Crippen LogP contribution in [0.3, 0.4) is 0 Å². The molecule has 2 amide bonds. The van der Waals surface area contributed by atoms with Crippen molar-refractivity contribution < 1.29 is 9.59 Å². The number of carbonyl (C=O) groups is 2. The Kier molecular flexibility index (Phi) is 5.09. The lowest BCUT2D eigenvalue weighted by atomic mass is 10.0. The highest BCUT2D eigenvalue weighted by molar-refractivity contribution is 7.99. The van der Waals surface area contributed by atoms with Crippen LogP contribution in [0.1, 0.15) is 21.5 Å². The molecule has 1 atom stereocenters. The topological polar surface area (TPSA) is 49.4 Å². The molecular weight excluding hydrogens is 368 g/mol. The van der Waals surface area contributed by atoms with E-state index in [0.717, 1.165) is 22.0 Å². The molecule has 1 heterocycles. The van der Waals surface area contributed by atoms with Gasteiger partial charge in [-0.1, -0.05) is 42.5 Å². The van der Waals surface area contributed by atoms with Gasteiger partial charge in [-0.15, -0.1) is 11.8 Å². The first-order valence-corrected chi connectivity index (χ1v) is 10.4. The first kappa shape index (κ1) is 18.6. The van der Waals surface area contributed by atoms with Crippen LogP contribution in [0, 0.1) is 13.8 Å². The van der Waals surface area contributed by atoms with Crippen molar-refractivity contribution in [1.82, 2.24) is 4.90 Å². The third kappa shape index (κ3) is 3.50. The number of carbonyl (C=O) groups excluding carboxylic acids is 2. The number of hydrogen-bond acceptors (Lipinski definition) is 3. The molecule has 0 aromatic heterocycles. The lowest BCUT2D eigenvalue weighted by Crippen LogP contribution is -2.44. The van der Waals surface area contributed by atoms with Crippen molar-refractivity contribution in [2.45, 2.75) is 19.9 Å². The van der Waals surface area contributed by atoms with Crippen LogP contribution < -0.4 is 5.32 Å². The summed E-state index contributed by atoms with van der Waals surface area (Å²) in [5, 5.41) is 4.92. The smallest absolute Gasteiger partial charge is 0.255 e. The summed E-state index contributed by atoms with van der Waals surface area (Å²) < 4.78 is 0. The van der Waals surface area contributed by atoms with E-state index < -0.39 is 6.04 Å². The number of aryl methyl sites for hydroxylation is 2. The van der Waals surface area contributed by atoms with Crippen LogP contribution in [0.25, 0.3) is 10.8 Å². The van der Waals surface area contributed by atoms with Crippen molar-refractivity contribution in [3.8, 4) is 0 Å². The summed E-state index contributed by atoms with van der Waals surface area (Å²) in [6.07, 6.45) is 0. The van der Waals surface area contributed by atoms with E-state index in [1.165, 1.54) is 5.56 Å². The average molecular weight is 391 g/mol. The Balaban J connectivity index is 1.58. The molecule has 28 heavy (non-hydrogen) atoms. The minimum absolute atomic E-state index is 0.0953. The minimum Gasteiger partial charge on any atom is -0.324 e. The Labute approximate surface area is 168 Å². The highest BCUT2D eigenvalue weighted by atomic mass is 32.2. The largest absolute Gasteiger partial charge is 0.324 e. The van der Waals surface area contributed by atoms with E-state index >= 15 is 0 Å². The van der Waals surface area contributed by atoms with Gasteiger partial charge in [-0.3, -0.25) is 9.59 Å². The summed E-state index contributed by atoms with van der Waals surface area (Å²) >= 11 is 1.61. The number of anilines is 1. The third-order valence-corrected chi connectivity index (χ3v) is 6.25. The van der Waals surface area contributed by atoms with Crippen molar-refractivity contribution in [2.75, 3.05) is 16.9 Å². The van der Waals surface area contributed by atoms with Gasteiger partial charge in [0.1, 0.15) is 6.04 Å². The van der Waals surface area contributed by atoms with E-state index in [2.05, 4.69) is 5.32 Å². The number of hydrogen-bond donors (Lipinski definition) is 1. The summed E-state index contributed by atoms with van der Waals surface area (Å²) in [5.41, 5.74) is 3.72. The second kappa shape index (κ2) is 7.68. The third-order valence-electron chi connectivity index (χ3n) is 5.24. The van der Waals surface area contributed by atoms with Crippen molar-refractivity contribution in [3.05, 3.63) is 77.4 Å². The standard InChI is InChI=1S/C23H22N2O2S/c1-15-10-11-18(12-16(15)2)24-22(26)21-13-28-14-25(21)23(27)20-9-5-7-17-6-3-4-8-19(17)20/h3-12,21H,13-14H2,1-2H3,(H,24,26). The Morgan fingerprint density at radius 1 is 1.00 bits per heavy atom. The highest BCUT2D eigenvalue weighted by Crippen LogP contribution is 2.27. The monoisotopic (exact) mass is 390 g/mol.